The lowest BCUT2D eigenvalue weighted by Crippen LogP contribution is -2.45. The zero-order valence-electron chi connectivity index (χ0n) is 9.17. The van der Waals surface area contributed by atoms with Gasteiger partial charge < -0.3 is 10.8 Å². The lowest BCUT2D eigenvalue weighted by atomic mass is 9.88. The Kier molecular flexibility index (Phi) is 3.39. The highest BCUT2D eigenvalue weighted by Crippen LogP contribution is 2.36. The number of nitrogens with zero attached hydrogens (tertiary/aromatic N) is 2. The van der Waals surface area contributed by atoms with Crippen LogP contribution < -0.4 is 5.73 Å². The summed E-state index contributed by atoms with van der Waals surface area (Å²) in [5, 5.41) is 9.44. The summed E-state index contributed by atoms with van der Waals surface area (Å²) >= 11 is 1.56. The number of thiazole rings is 1. The van der Waals surface area contributed by atoms with Crippen molar-refractivity contribution in [3.8, 4) is 0 Å². The van der Waals surface area contributed by atoms with Crippen LogP contribution in [-0.2, 0) is 5.54 Å². The molecule has 0 amide bonds. The molecule has 0 aromatic carbocycles. The molecule has 0 spiro atoms. The number of rotatable bonds is 4. The van der Waals surface area contributed by atoms with E-state index in [0.29, 0.717) is 0 Å². The van der Waals surface area contributed by atoms with E-state index in [9.17, 15) is 5.11 Å². The summed E-state index contributed by atoms with van der Waals surface area (Å²) < 4.78 is 0. The minimum Gasteiger partial charge on any atom is -0.396 e. The summed E-state index contributed by atoms with van der Waals surface area (Å²) in [5.74, 6) is 0.0768. The normalized spacial score (nSPS) is 30.8. The van der Waals surface area contributed by atoms with E-state index in [1.807, 2.05) is 12.3 Å². The molecular weight excluding hydrogens is 222 g/mol. The van der Waals surface area contributed by atoms with Crippen molar-refractivity contribution in [3.63, 3.8) is 0 Å². The molecule has 2 unspecified atom stereocenters. The van der Waals surface area contributed by atoms with Gasteiger partial charge in [-0.2, -0.15) is 0 Å². The second-order valence-corrected chi connectivity index (χ2v) is 5.15. The van der Waals surface area contributed by atoms with Gasteiger partial charge >= 0.3 is 0 Å². The molecule has 4 nitrogen and oxygen atoms in total. The van der Waals surface area contributed by atoms with Crippen LogP contribution in [0.2, 0.25) is 0 Å². The topological polar surface area (TPSA) is 62.4 Å². The number of likely N-dealkylation sites (tertiary alicyclic amines) is 1. The predicted molar refractivity (Wildman–Crippen MR) is 65.2 cm³/mol. The highest BCUT2D eigenvalue weighted by Gasteiger charge is 2.45. The van der Waals surface area contributed by atoms with Crippen LogP contribution in [0.25, 0.3) is 0 Å². The van der Waals surface area contributed by atoms with Crippen LogP contribution in [0.3, 0.4) is 0 Å². The SMILES string of the molecule is C=CCN1CC(CO)C(N)(c2cncs2)C1. The average Bonchev–Trinajstić information content (AvgIpc) is 2.87. The summed E-state index contributed by atoms with van der Waals surface area (Å²) in [6.45, 7) is 6.23. The fraction of sp³-hybridized carbons (Fsp3) is 0.545. The number of hydrogen-bond acceptors (Lipinski definition) is 5. The molecule has 5 heteroatoms. The van der Waals surface area contributed by atoms with Gasteiger partial charge in [-0.25, -0.2) is 0 Å². The van der Waals surface area contributed by atoms with E-state index in [0.717, 1.165) is 24.5 Å². The van der Waals surface area contributed by atoms with Crippen molar-refractivity contribution in [3.05, 3.63) is 29.2 Å². The van der Waals surface area contributed by atoms with E-state index >= 15 is 0 Å². The molecule has 1 fully saturated rings. The van der Waals surface area contributed by atoms with Gasteiger partial charge in [0.25, 0.3) is 0 Å². The molecule has 88 valence electrons. The summed E-state index contributed by atoms with van der Waals surface area (Å²) in [6, 6.07) is 0. The van der Waals surface area contributed by atoms with Crippen molar-refractivity contribution < 1.29 is 5.11 Å². The molecule has 2 heterocycles. The average molecular weight is 239 g/mol. The first-order valence-electron chi connectivity index (χ1n) is 5.32. The monoisotopic (exact) mass is 239 g/mol. The van der Waals surface area contributed by atoms with Gasteiger partial charge in [0.05, 0.1) is 11.0 Å². The third kappa shape index (κ3) is 1.91. The standard InChI is InChI=1S/C11H17N3OS/c1-2-3-14-5-9(6-15)11(12,7-14)10-4-13-8-16-10/h2,4,8-9,15H,1,3,5-7,12H2. The van der Waals surface area contributed by atoms with Crippen LogP contribution in [0.4, 0.5) is 0 Å². The van der Waals surface area contributed by atoms with Crippen LogP contribution in [0.1, 0.15) is 4.88 Å². The summed E-state index contributed by atoms with van der Waals surface area (Å²) in [4.78, 5) is 7.34. The van der Waals surface area contributed by atoms with Crippen molar-refractivity contribution >= 4 is 11.3 Å². The van der Waals surface area contributed by atoms with Crippen molar-refractivity contribution in [1.29, 1.82) is 0 Å². The second kappa shape index (κ2) is 4.63. The fourth-order valence-corrected chi connectivity index (χ4v) is 3.11. The van der Waals surface area contributed by atoms with Crippen LogP contribution in [0, 0.1) is 5.92 Å². The van der Waals surface area contributed by atoms with Gasteiger partial charge in [0.15, 0.2) is 0 Å². The minimum absolute atomic E-state index is 0.0768. The number of aliphatic hydroxyl groups is 1. The summed E-state index contributed by atoms with van der Waals surface area (Å²) in [7, 11) is 0. The van der Waals surface area contributed by atoms with Crippen molar-refractivity contribution in [2.24, 2.45) is 11.7 Å². The Balaban J connectivity index is 2.22. The highest BCUT2D eigenvalue weighted by atomic mass is 32.1. The first-order chi connectivity index (χ1) is 7.70. The Labute approximate surface area is 99.4 Å². The first-order valence-corrected chi connectivity index (χ1v) is 6.20. The predicted octanol–water partition coefficient (Wildman–Crippen LogP) is 0.407. The molecule has 1 aromatic rings. The van der Waals surface area contributed by atoms with Gasteiger partial charge in [-0.15, -0.1) is 17.9 Å². The number of nitrogens with two attached hydrogens (primary N) is 1. The van der Waals surface area contributed by atoms with Crippen LogP contribution in [0.5, 0.6) is 0 Å². The van der Waals surface area contributed by atoms with Gasteiger partial charge in [-0.1, -0.05) is 6.08 Å². The smallest absolute Gasteiger partial charge is 0.0794 e. The van der Waals surface area contributed by atoms with Gasteiger partial charge in [0.1, 0.15) is 0 Å². The molecule has 1 saturated heterocycles. The van der Waals surface area contributed by atoms with Crippen molar-refractivity contribution in [1.82, 2.24) is 9.88 Å². The quantitative estimate of drug-likeness (QED) is 0.747. The van der Waals surface area contributed by atoms with E-state index in [4.69, 9.17) is 5.73 Å². The zero-order chi connectivity index (χ0) is 11.6. The lowest BCUT2D eigenvalue weighted by Gasteiger charge is -2.27. The highest BCUT2D eigenvalue weighted by molar-refractivity contribution is 7.09. The Bertz CT molecular complexity index is 354. The third-order valence-electron chi connectivity index (χ3n) is 3.19. The number of aliphatic hydroxyl groups excluding tert-OH is 1. The first kappa shape index (κ1) is 11.7. The Morgan fingerprint density at radius 2 is 2.62 bits per heavy atom. The second-order valence-electron chi connectivity index (χ2n) is 4.27. The molecular formula is C11H17N3OS. The molecule has 3 N–H and O–H groups in total. The zero-order valence-corrected chi connectivity index (χ0v) is 9.99. The Morgan fingerprint density at radius 3 is 3.19 bits per heavy atom. The summed E-state index contributed by atoms with van der Waals surface area (Å²) in [5.41, 5.74) is 7.76. The molecule has 0 aliphatic carbocycles. The van der Waals surface area contributed by atoms with E-state index < -0.39 is 5.54 Å². The number of hydrogen-bond donors (Lipinski definition) is 2. The molecule has 2 atom stereocenters. The molecule has 2 rings (SSSR count). The van der Waals surface area contributed by atoms with E-state index in [-0.39, 0.29) is 12.5 Å². The molecule has 1 aliphatic heterocycles. The van der Waals surface area contributed by atoms with Crippen molar-refractivity contribution in [2.45, 2.75) is 5.54 Å². The van der Waals surface area contributed by atoms with Crippen LogP contribution in [0.15, 0.2) is 24.4 Å². The lowest BCUT2D eigenvalue weighted by molar-refractivity contribution is 0.187. The van der Waals surface area contributed by atoms with Crippen LogP contribution in [-0.4, -0.2) is 41.2 Å². The van der Waals surface area contributed by atoms with Gasteiger partial charge in [0.2, 0.25) is 0 Å². The van der Waals surface area contributed by atoms with Gasteiger partial charge in [0, 0.05) is 43.2 Å². The fourth-order valence-electron chi connectivity index (χ4n) is 2.31. The molecule has 1 aromatic heterocycles. The largest absolute Gasteiger partial charge is 0.396 e. The van der Waals surface area contributed by atoms with Gasteiger partial charge in [-0.05, 0) is 0 Å². The molecule has 0 bridgehead atoms. The van der Waals surface area contributed by atoms with E-state index in [1.165, 1.54) is 0 Å². The minimum atomic E-state index is -0.459. The van der Waals surface area contributed by atoms with Gasteiger partial charge in [-0.3, -0.25) is 9.88 Å². The molecule has 0 radical (unpaired) electrons. The van der Waals surface area contributed by atoms with E-state index in [1.54, 1.807) is 16.8 Å². The Morgan fingerprint density at radius 1 is 1.81 bits per heavy atom. The maximum Gasteiger partial charge on any atom is 0.0794 e. The summed E-state index contributed by atoms with van der Waals surface area (Å²) in [6.07, 6.45) is 3.68. The molecule has 16 heavy (non-hydrogen) atoms. The molecule has 0 saturated carbocycles. The van der Waals surface area contributed by atoms with Crippen LogP contribution >= 0.6 is 11.3 Å². The maximum atomic E-state index is 9.44. The molecule has 1 aliphatic rings. The Hall–Kier alpha value is -0.750. The third-order valence-corrected chi connectivity index (χ3v) is 4.16. The number of aromatic nitrogens is 1. The van der Waals surface area contributed by atoms with Crippen molar-refractivity contribution in [2.75, 3.05) is 26.2 Å². The maximum absolute atomic E-state index is 9.44. The van der Waals surface area contributed by atoms with E-state index in [2.05, 4.69) is 16.5 Å².